The Balaban J connectivity index is 1.57. The normalized spacial score (nSPS) is 15.8. The third kappa shape index (κ3) is 5.12. The highest BCUT2D eigenvalue weighted by atomic mass is 19.2. The molecule has 8 nitrogen and oxygen atoms in total. The van der Waals surface area contributed by atoms with Crippen LogP contribution >= 0.6 is 0 Å². The number of nitrogens with one attached hydrogen (secondary N) is 3. The first-order valence-electron chi connectivity index (χ1n) is 8.52. The average molecular weight is 401 g/mol. The Labute approximate surface area is 164 Å². The molecule has 10 heteroatoms. The topological polar surface area (TPSA) is 104 Å². The molecule has 3 N–H and O–H groups in total. The molecular formula is C19H17F2N5O3. The Morgan fingerprint density at radius 2 is 2.07 bits per heavy atom. The summed E-state index contributed by atoms with van der Waals surface area (Å²) in [7, 11) is 1.54. The standard InChI is InChI=1S/C19H17F2N5O3/c1-29-16-5-3-2-4-11(16)10-22-26-19-24-15(18(28)25-19)9-17(27)23-12-6-7-13(20)14(21)8-12/h2-8,10,15H,9H2,1H3,(H,23,27)(H2,24,25,26,28)/b22-10+. The van der Waals surface area contributed by atoms with Crippen molar-refractivity contribution in [1.82, 2.24) is 10.7 Å². The number of amides is 2. The van der Waals surface area contributed by atoms with Crippen LogP contribution in [-0.2, 0) is 9.59 Å². The fourth-order valence-electron chi connectivity index (χ4n) is 2.54. The van der Waals surface area contributed by atoms with Crippen LogP contribution in [0.4, 0.5) is 14.5 Å². The van der Waals surface area contributed by atoms with Gasteiger partial charge in [-0.15, -0.1) is 0 Å². The van der Waals surface area contributed by atoms with Gasteiger partial charge < -0.3 is 10.1 Å². The molecule has 0 aliphatic carbocycles. The molecule has 0 saturated heterocycles. The molecule has 2 aromatic rings. The summed E-state index contributed by atoms with van der Waals surface area (Å²) < 4.78 is 31.3. The van der Waals surface area contributed by atoms with Crippen molar-refractivity contribution in [1.29, 1.82) is 0 Å². The Kier molecular flexibility index (Phi) is 6.12. The first kappa shape index (κ1) is 19.9. The van der Waals surface area contributed by atoms with Crippen LogP contribution in [0.5, 0.6) is 5.75 Å². The van der Waals surface area contributed by atoms with Crippen molar-refractivity contribution in [2.45, 2.75) is 12.5 Å². The molecule has 0 saturated carbocycles. The van der Waals surface area contributed by atoms with Gasteiger partial charge in [0.1, 0.15) is 11.8 Å². The van der Waals surface area contributed by atoms with Crippen molar-refractivity contribution in [2.24, 2.45) is 10.1 Å². The van der Waals surface area contributed by atoms with Crippen LogP contribution in [0.25, 0.3) is 0 Å². The third-order valence-electron chi connectivity index (χ3n) is 3.92. The minimum atomic E-state index is -1.08. The smallest absolute Gasteiger partial charge is 0.252 e. The summed E-state index contributed by atoms with van der Waals surface area (Å²) in [6, 6.07) is 9.21. The number of methoxy groups -OCH3 is 1. The van der Waals surface area contributed by atoms with Gasteiger partial charge in [-0.25, -0.2) is 19.2 Å². The molecule has 1 unspecified atom stereocenters. The lowest BCUT2D eigenvalue weighted by molar-refractivity contribution is -0.123. The molecule has 1 heterocycles. The average Bonchev–Trinajstić information content (AvgIpc) is 3.04. The number of rotatable bonds is 6. The van der Waals surface area contributed by atoms with Crippen molar-refractivity contribution < 1.29 is 23.1 Å². The lowest BCUT2D eigenvalue weighted by Crippen LogP contribution is -2.35. The van der Waals surface area contributed by atoms with Gasteiger partial charge in [0.25, 0.3) is 5.91 Å². The second-order valence-electron chi connectivity index (χ2n) is 5.98. The Hall–Kier alpha value is -3.82. The minimum Gasteiger partial charge on any atom is -0.496 e. The van der Waals surface area contributed by atoms with Gasteiger partial charge in [-0.05, 0) is 24.3 Å². The number of carbonyl (C=O) groups is 2. The molecule has 0 fully saturated rings. The number of hydrazone groups is 1. The maximum atomic E-state index is 13.2. The van der Waals surface area contributed by atoms with Gasteiger partial charge in [-0.1, -0.05) is 12.1 Å². The summed E-state index contributed by atoms with van der Waals surface area (Å²) in [5.41, 5.74) is 3.38. The van der Waals surface area contributed by atoms with E-state index in [1.807, 2.05) is 12.1 Å². The highest BCUT2D eigenvalue weighted by Gasteiger charge is 2.28. The molecular weight excluding hydrogens is 384 g/mol. The molecule has 0 radical (unpaired) electrons. The number of ether oxygens (including phenoxy) is 1. The molecule has 29 heavy (non-hydrogen) atoms. The number of guanidine groups is 1. The SMILES string of the molecule is COc1ccccc1/C=N/NC1=NC(CC(=O)Nc2ccc(F)c(F)c2)C(=O)N1. The second-order valence-corrected chi connectivity index (χ2v) is 5.98. The number of anilines is 1. The van der Waals surface area contributed by atoms with Crippen molar-refractivity contribution >= 4 is 29.7 Å². The zero-order valence-corrected chi connectivity index (χ0v) is 15.3. The predicted octanol–water partition coefficient (Wildman–Crippen LogP) is 1.78. The Morgan fingerprint density at radius 3 is 2.83 bits per heavy atom. The van der Waals surface area contributed by atoms with Crippen LogP contribution in [-0.4, -0.2) is 37.1 Å². The highest BCUT2D eigenvalue weighted by Crippen LogP contribution is 2.15. The molecule has 1 aliphatic rings. The lowest BCUT2D eigenvalue weighted by atomic mass is 10.2. The third-order valence-corrected chi connectivity index (χ3v) is 3.92. The second kappa shape index (κ2) is 8.91. The van der Waals surface area contributed by atoms with Crippen LogP contribution in [0.15, 0.2) is 52.6 Å². The summed E-state index contributed by atoms with van der Waals surface area (Å²) in [6.07, 6.45) is 1.23. The van der Waals surface area contributed by atoms with Crippen LogP contribution < -0.4 is 20.8 Å². The van der Waals surface area contributed by atoms with E-state index in [0.29, 0.717) is 5.75 Å². The van der Waals surface area contributed by atoms with Crippen LogP contribution in [0.2, 0.25) is 0 Å². The molecule has 2 amide bonds. The van der Waals surface area contributed by atoms with Gasteiger partial charge in [0, 0.05) is 17.3 Å². The number of hydrogen-bond acceptors (Lipinski definition) is 6. The van der Waals surface area contributed by atoms with Gasteiger partial charge in [-0.2, -0.15) is 5.10 Å². The summed E-state index contributed by atoms with van der Waals surface area (Å²) in [6.45, 7) is 0. The van der Waals surface area contributed by atoms with Gasteiger partial charge in [0.05, 0.1) is 19.7 Å². The summed E-state index contributed by atoms with van der Waals surface area (Å²) >= 11 is 0. The lowest BCUT2D eigenvalue weighted by Gasteiger charge is -2.07. The predicted molar refractivity (Wildman–Crippen MR) is 103 cm³/mol. The molecule has 1 atom stereocenters. The van der Waals surface area contributed by atoms with E-state index in [2.05, 4.69) is 26.2 Å². The molecule has 2 aromatic carbocycles. The van der Waals surface area contributed by atoms with Gasteiger partial charge >= 0.3 is 0 Å². The van der Waals surface area contributed by atoms with Crippen LogP contribution in [0.3, 0.4) is 0 Å². The minimum absolute atomic E-state index is 0.0797. The highest BCUT2D eigenvalue weighted by molar-refractivity contribution is 6.07. The van der Waals surface area contributed by atoms with E-state index in [4.69, 9.17) is 4.74 Å². The van der Waals surface area contributed by atoms with Crippen LogP contribution in [0.1, 0.15) is 12.0 Å². The first-order valence-corrected chi connectivity index (χ1v) is 8.52. The van der Waals surface area contributed by atoms with E-state index in [0.717, 1.165) is 17.7 Å². The number of aliphatic imine (C=N–C) groups is 1. The van der Waals surface area contributed by atoms with Crippen molar-refractivity contribution in [3.8, 4) is 5.75 Å². The largest absolute Gasteiger partial charge is 0.496 e. The zero-order chi connectivity index (χ0) is 20.8. The van der Waals surface area contributed by atoms with Gasteiger partial charge in [0.15, 0.2) is 11.6 Å². The maximum absolute atomic E-state index is 13.2. The zero-order valence-electron chi connectivity index (χ0n) is 15.3. The molecule has 3 rings (SSSR count). The van der Waals surface area contributed by atoms with E-state index in [1.54, 1.807) is 12.1 Å². The molecule has 1 aliphatic heterocycles. The van der Waals surface area contributed by atoms with Crippen molar-refractivity contribution in [2.75, 3.05) is 12.4 Å². The number of benzene rings is 2. The summed E-state index contributed by atoms with van der Waals surface area (Å²) in [5, 5.41) is 8.85. The Morgan fingerprint density at radius 1 is 1.28 bits per heavy atom. The van der Waals surface area contributed by atoms with E-state index < -0.39 is 29.5 Å². The first-order chi connectivity index (χ1) is 14.0. The van der Waals surface area contributed by atoms with E-state index >= 15 is 0 Å². The number of hydrogen-bond donors (Lipinski definition) is 3. The fraction of sp³-hybridized carbons (Fsp3) is 0.158. The maximum Gasteiger partial charge on any atom is 0.252 e. The molecule has 150 valence electrons. The quantitative estimate of drug-likeness (QED) is 0.507. The monoisotopic (exact) mass is 401 g/mol. The Bertz CT molecular complexity index is 994. The number of para-hydroxylation sites is 1. The van der Waals surface area contributed by atoms with E-state index in [1.165, 1.54) is 19.4 Å². The molecule has 0 bridgehead atoms. The number of carbonyl (C=O) groups excluding carboxylic acids is 2. The number of nitrogens with zero attached hydrogens (tertiary/aromatic N) is 2. The molecule has 0 spiro atoms. The van der Waals surface area contributed by atoms with Gasteiger partial charge in [-0.3, -0.25) is 14.9 Å². The summed E-state index contributed by atoms with van der Waals surface area (Å²) in [5.74, 6) is -2.45. The summed E-state index contributed by atoms with van der Waals surface area (Å²) in [4.78, 5) is 28.1. The van der Waals surface area contributed by atoms with Crippen molar-refractivity contribution in [3.63, 3.8) is 0 Å². The van der Waals surface area contributed by atoms with Gasteiger partial charge in [0.2, 0.25) is 11.9 Å². The van der Waals surface area contributed by atoms with E-state index in [9.17, 15) is 18.4 Å². The van der Waals surface area contributed by atoms with Crippen molar-refractivity contribution in [3.05, 3.63) is 59.7 Å². The fourth-order valence-corrected chi connectivity index (χ4v) is 2.54. The molecule has 0 aromatic heterocycles. The number of halogens is 2. The van der Waals surface area contributed by atoms with E-state index in [-0.39, 0.29) is 18.1 Å². The van der Waals surface area contributed by atoms with Crippen LogP contribution in [0, 0.1) is 11.6 Å².